The summed E-state index contributed by atoms with van der Waals surface area (Å²) in [5, 5.41) is 0. The monoisotopic (exact) mass is 155 g/mol. The highest BCUT2D eigenvalue weighted by Gasteiger charge is 2.44. The maximum atomic E-state index is 2.35. The van der Waals surface area contributed by atoms with Crippen LogP contribution in [0.1, 0.15) is 27.2 Å². The summed E-state index contributed by atoms with van der Waals surface area (Å²) in [4.78, 5) is 2.30. The molecule has 66 valence electrons. The van der Waals surface area contributed by atoms with Gasteiger partial charge in [-0.25, -0.2) is 0 Å². The van der Waals surface area contributed by atoms with Crippen LogP contribution >= 0.6 is 0 Å². The maximum Gasteiger partial charge on any atom is 0.000652 e. The fraction of sp³-hybridized carbons (Fsp3) is 1.00. The average molecular weight is 155 g/mol. The molecule has 0 amide bonds. The molecule has 0 saturated heterocycles. The van der Waals surface area contributed by atoms with Gasteiger partial charge in [0.25, 0.3) is 0 Å². The van der Waals surface area contributed by atoms with Gasteiger partial charge in [0, 0.05) is 6.54 Å². The molecule has 0 aromatic rings. The quantitative estimate of drug-likeness (QED) is 0.591. The van der Waals surface area contributed by atoms with Crippen LogP contribution in [0.25, 0.3) is 0 Å². The highest BCUT2D eigenvalue weighted by Crippen LogP contribution is 2.50. The molecule has 1 nitrogen and oxygen atoms in total. The predicted molar refractivity (Wildman–Crippen MR) is 49.6 cm³/mol. The Morgan fingerprint density at radius 3 is 2.09 bits per heavy atom. The molecule has 0 aromatic heterocycles. The van der Waals surface area contributed by atoms with Crippen LogP contribution in [0.2, 0.25) is 0 Å². The van der Waals surface area contributed by atoms with Crippen LogP contribution in [-0.2, 0) is 0 Å². The highest BCUT2D eigenvalue weighted by atomic mass is 15.1. The van der Waals surface area contributed by atoms with Crippen molar-refractivity contribution in [3.63, 3.8) is 0 Å². The first-order valence-electron chi connectivity index (χ1n) is 4.56. The lowest BCUT2D eigenvalue weighted by Crippen LogP contribution is -2.18. The molecule has 11 heavy (non-hydrogen) atoms. The van der Waals surface area contributed by atoms with E-state index in [0.717, 1.165) is 11.8 Å². The van der Waals surface area contributed by atoms with Crippen molar-refractivity contribution in [1.29, 1.82) is 0 Å². The van der Waals surface area contributed by atoms with Gasteiger partial charge in [0.05, 0.1) is 0 Å². The first kappa shape index (κ1) is 9.05. The molecule has 0 bridgehead atoms. The van der Waals surface area contributed by atoms with E-state index in [1.165, 1.54) is 13.0 Å². The molecule has 2 unspecified atom stereocenters. The summed E-state index contributed by atoms with van der Waals surface area (Å²) in [6, 6.07) is 0. The molecule has 1 rings (SSSR count). The van der Waals surface area contributed by atoms with E-state index in [-0.39, 0.29) is 0 Å². The summed E-state index contributed by atoms with van der Waals surface area (Å²) in [6.45, 7) is 8.34. The van der Waals surface area contributed by atoms with Crippen molar-refractivity contribution in [2.24, 2.45) is 17.3 Å². The van der Waals surface area contributed by atoms with Crippen molar-refractivity contribution >= 4 is 0 Å². The van der Waals surface area contributed by atoms with Gasteiger partial charge in [-0.3, -0.25) is 0 Å². The third-order valence-corrected chi connectivity index (χ3v) is 2.63. The van der Waals surface area contributed by atoms with Crippen LogP contribution in [0, 0.1) is 17.3 Å². The zero-order valence-electron chi connectivity index (χ0n) is 8.52. The molecular formula is C10H21N. The van der Waals surface area contributed by atoms with Crippen LogP contribution in [0.4, 0.5) is 0 Å². The minimum Gasteiger partial charge on any atom is -0.309 e. The fourth-order valence-electron chi connectivity index (χ4n) is 1.98. The molecule has 0 N–H and O–H groups in total. The highest BCUT2D eigenvalue weighted by molar-refractivity contribution is 4.94. The van der Waals surface area contributed by atoms with Crippen LogP contribution in [0.5, 0.6) is 0 Å². The van der Waals surface area contributed by atoms with Crippen LogP contribution < -0.4 is 0 Å². The summed E-state index contributed by atoms with van der Waals surface area (Å²) < 4.78 is 0. The van der Waals surface area contributed by atoms with Crippen molar-refractivity contribution in [1.82, 2.24) is 4.90 Å². The number of rotatable bonds is 2. The smallest absolute Gasteiger partial charge is 0.000652 e. The second kappa shape index (κ2) is 2.78. The Labute approximate surface area is 70.8 Å². The molecule has 1 saturated carbocycles. The van der Waals surface area contributed by atoms with E-state index in [1.54, 1.807) is 0 Å². The van der Waals surface area contributed by atoms with Crippen LogP contribution in [-0.4, -0.2) is 25.5 Å². The van der Waals surface area contributed by atoms with Crippen molar-refractivity contribution in [2.45, 2.75) is 27.2 Å². The minimum atomic E-state index is 0.542. The Kier molecular flexibility index (Phi) is 2.29. The standard InChI is InChI=1S/C10H21N/c1-10(2,3)9-6-8(9)7-11(4)5/h8-9H,6-7H2,1-5H3. The summed E-state index contributed by atoms with van der Waals surface area (Å²) in [5.41, 5.74) is 0.542. The molecule has 1 heteroatoms. The first-order chi connectivity index (χ1) is 4.91. The van der Waals surface area contributed by atoms with E-state index < -0.39 is 0 Å². The Bertz CT molecular complexity index is 132. The molecule has 1 fully saturated rings. The van der Waals surface area contributed by atoms with Crippen molar-refractivity contribution < 1.29 is 0 Å². The van der Waals surface area contributed by atoms with E-state index in [1.807, 2.05) is 0 Å². The topological polar surface area (TPSA) is 3.24 Å². The van der Waals surface area contributed by atoms with Gasteiger partial charge in [-0.15, -0.1) is 0 Å². The molecule has 2 atom stereocenters. The van der Waals surface area contributed by atoms with Gasteiger partial charge in [-0.2, -0.15) is 0 Å². The summed E-state index contributed by atoms with van der Waals surface area (Å²) in [6.07, 6.45) is 1.45. The number of hydrogen-bond acceptors (Lipinski definition) is 1. The first-order valence-corrected chi connectivity index (χ1v) is 4.56. The van der Waals surface area contributed by atoms with Crippen LogP contribution in [0.15, 0.2) is 0 Å². The van der Waals surface area contributed by atoms with Gasteiger partial charge in [0.15, 0.2) is 0 Å². The number of hydrogen-bond donors (Lipinski definition) is 0. The summed E-state index contributed by atoms with van der Waals surface area (Å²) >= 11 is 0. The van der Waals surface area contributed by atoms with E-state index in [0.29, 0.717) is 5.41 Å². The van der Waals surface area contributed by atoms with Crippen molar-refractivity contribution in [3.05, 3.63) is 0 Å². The third kappa shape index (κ3) is 2.48. The van der Waals surface area contributed by atoms with Gasteiger partial charge < -0.3 is 4.90 Å². The second-order valence-electron chi connectivity index (χ2n) is 5.23. The van der Waals surface area contributed by atoms with E-state index >= 15 is 0 Å². The van der Waals surface area contributed by atoms with Crippen LogP contribution in [0.3, 0.4) is 0 Å². The Hall–Kier alpha value is -0.0400. The Morgan fingerprint density at radius 1 is 1.27 bits per heavy atom. The van der Waals surface area contributed by atoms with Gasteiger partial charge >= 0.3 is 0 Å². The average Bonchev–Trinajstić information content (AvgIpc) is 2.40. The molecule has 0 aromatic carbocycles. The Morgan fingerprint density at radius 2 is 1.82 bits per heavy atom. The lowest BCUT2D eigenvalue weighted by Gasteiger charge is -2.19. The van der Waals surface area contributed by atoms with Gasteiger partial charge in [-0.05, 0) is 37.8 Å². The molecule has 0 heterocycles. The molecule has 1 aliphatic carbocycles. The molecule has 0 radical (unpaired) electrons. The fourth-order valence-corrected chi connectivity index (χ4v) is 1.98. The van der Waals surface area contributed by atoms with E-state index in [9.17, 15) is 0 Å². The van der Waals surface area contributed by atoms with Crippen molar-refractivity contribution in [3.8, 4) is 0 Å². The largest absolute Gasteiger partial charge is 0.309 e. The zero-order chi connectivity index (χ0) is 8.65. The summed E-state index contributed by atoms with van der Waals surface area (Å²) in [5.74, 6) is 1.95. The molecule has 1 aliphatic rings. The predicted octanol–water partition coefficient (Wildman–Crippen LogP) is 2.23. The summed E-state index contributed by atoms with van der Waals surface area (Å²) in [7, 11) is 4.33. The normalized spacial score (nSPS) is 31.1. The lowest BCUT2D eigenvalue weighted by molar-refractivity contribution is 0.298. The zero-order valence-corrected chi connectivity index (χ0v) is 8.52. The van der Waals surface area contributed by atoms with E-state index in [4.69, 9.17) is 0 Å². The number of nitrogens with zero attached hydrogens (tertiary/aromatic N) is 1. The Balaban J connectivity index is 2.27. The van der Waals surface area contributed by atoms with Gasteiger partial charge in [0.2, 0.25) is 0 Å². The second-order valence-corrected chi connectivity index (χ2v) is 5.23. The van der Waals surface area contributed by atoms with Crippen molar-refractivity contribution in [2.75, 3.05) is 20.6 Å². The molecular weight excluding hydrogens is 134 g/mol. The molecule has 0 spiro atoms. The van der Waals surface area contributed by atoms with Gasteiger partial charge in [0.1, 0.15) is 0 Å². The SMILES string of the molecule is CN(C)CC1CC1C(C)(C)C. The maximum absolute atomic E-state index is 2.35. The van der Waals surface area contributed by atoms with Gasteiger partial charge in [-0.1, -0.05) is 20.8 Å². The van der Waals surface area contributed by atoms with E-state index in [2.05, 4.69) is 39.8 Å². The lowest BCUT2D eigenvalue weighted by atomic mass is 9.89. The third-order valence-electron chi connectivity index (χ3n) is 2.63. The minimum absolute atomic E-state index is 0.542. The molecule has 0 aliphatic heterocycles.